The van der Waals surface area contributed by atoms with Crippen LogP contribution in [0.1, 0.15) is 10.1 Å². The zero-order valence-corrected chi connectivity index (χ0v) is 12.9. The Morgan fingerprint density at radius 1 is 1.25 bits per heavy atom. The van der Waals surface area contributed by atoms with E-state index in [1.807, 2.05) is 12.1 Å². The van der Waals surface area contributed by atoms with Crippen LogP contribution < -0.4 is 10.1 Å². The standard InChI is InChI=1S/C13H19NO4S2/c1-14-13(17)18-11-5-3-2-4-10(11)12(19-8-6-15)20-9-7-16/h2-5,12,15-16H,6-9H2,1H3,(H,14,17). The summed E-state index contributed by atoms with van der Waals surface area (Å²) in [5.74, 6) is 1.65. The van der Waals surface area contributed by atoms with Crippen molar-refractivity contribution in [1.82, 2.24) is 5.32 Å². The topological polar surface area (TPSA) is 78.8 Å². The lowest BCUT2D eigenvalue weighted by Crippen LogP contribution is -2.22. The van der Waals surface area contributed by atoms with Crippen LogP contribution in [0.15, 0.2) is 24.3 Å². The molecule has 0 atom stereocenters. The van der Waals surface area contributed by atoms with Gasteiger partial charge in [0, 0.05) is 24.1 Å². The summed E-state index contributed by atoms with van der Waals surface area (Å²) in [4.78, 5) is 11.4. The quantitative estimate of drug-likeness (QED) is 0.635. The van der Waals surface area contributed by atoms with Crippen molar-refractivity contribution < 1.29 is 19.7 Å². The molecular formula is C13H19NO4S2. The molecule has 0 aliphatic heterocycles. The number of ether oxygens (including phenoxy) is 1. The van der Waals surface area contributed by atoms with Crippen LogP contribution in [0.5, 0.6) is 5.75 Å². The molecule has 0 aromatic heterocycles. The molecule has 7 heteroatoms. The van der Waals surface area contributed by atoms with Crippen LogP contribution >= 0.6 is 23.5 Å². The van der Waals surface area contributed by atoms with Gasteiger partial charge in [0.1, 0.15) is 5.75 Å². The molecule has 5 nitrogen and oxygen atoms in total. The molecule has 1 amide bonds. The highest BCUT2D eigenvalue weighted by molar-refractivity contribution is 8.16. The second-order valence-electron chi connectivity index (χ2n) is 3.70. The smallest absolute Gasteiger partial charge is 0.410 e. The fourth-order valence-corrected chi connectivity index (χ4v) is 3.82. The molecule has 1 rings (SSSR count). The number of benzene rings is 1. The maximum atomic E-state index is 11.4. The molecule has 0 fully saturated rings. The minimum absolute atomic E-state index is 0.00449. The number of nitrogens with one attached hydrogen (secondary N) is 1. The lowest BCUT2D eigenvalue weighted by molar-refractivity contribution is 0.202. The third kappa shape index (κ3) is 5.62. The van der Waals surface area contributed by atoms with Crippen molar-refractivity contribution in [3.05, 3.63) is 29.8 Å². The van der Waals surface area contributed by atoms with Gasteiger partial charge in [0.05, 0.1) is 17.8 Å². The van der Waals surface area contributed by atoms with E-state index in [1.54, 1.807) is 35.7 Å². The molecule has 0 spiro atoms. The van der Waals surface area contributed by atoms with Gasteiger partial charge < -0.3 is 20.3 Å². The van der Waals surface area contributed by atoms with Gasteiger partial charge in [-0.05, 0) is 6.07 Å². The van der Waals surface area contributed by atoms with Crippen molar-refractivity contribution in [2.75, 3.05) is 31.8 Å². The van der Waals surface area contributed by atoms with E-state index in [4.69, 9.17) is 14.9 Å². The van der Waals surface area contributed by atoms with Gasteiger partial charge in [-0.2, -0.15) is 0 Å². The fourth-order valence-electron chi connectivity index (χ4n) is 1.47. The van der Waals surface area contributed by atoms with E-state index in [0.29, 0.717) is 17.3 Å². The number of carbonyl (C=O) groups is 1. The predicted molar refractivity (Wildman–Crippen MR) is 83.4 cm³/mol. The molecule has 0 radical (unpaired) electrons. The van der Waals surface area contributed by atoms with Crippen LogP contribution in [0.2, 0.25) is 0 Å². The average molecular weight is 317 g/mol. The zero-order valence-electron chi connectivity index (χ0n) is 11.2. The Hall–Kier alpha value is -0.890. The van der Waals surface area contributed by atoms with Gasteiger partial charge in [0.2, 0.25) is 0 Å². The van der Waals surface area contributed by atoms with Crippen LogP contribution in [0.25, 0.3) is 0 Å². The van der Waals surface area contributed by atoms with Crippen LogP contribution in [-0.4, -0.2) is 48.1 Å². The van der Waals surface area contributed by atoms with Gasteiger partial charge in [0.15, 0.2) is 0 Å². The zero-order chi connectivity index (χ0) is 14.8. The first kappa shape index (κ1) is 17.2. The van der Waals surface area contributed by atoms with Crippen molar-refractivity contribution in [3.63, 3.8) is 0 Å². The fraction of sp³-hybridized carbons (Fsp3) is 0.462. The van der Waals surface area contributed by atoms with E-state index in [-0.39, 0.29) is 17.8 Å². The average Bonchev–Trinajstić information content (AvgIpc) is 2.48. The van der Waals surface area contributed by atoms with E-state index in [2.05, 4.69) is 5.32 Å². The number of carbonyl (C=O) groups excluding carboxylic acids is 1. The summed E-state index contributed by atoms with van der Waals surface area (Å²) in [5.41, 5.74) is 0.869. The van der Waals surface area contributed by atoms with E-state index in [9.17, 15) is 4.79 Å². The first-order chi connectivity index (χ1) is 9.72. The third-order valence-electron chi connectivity index (χ3n) is 2.30. The molecule has 1 aromatic carbocycles. The van der Waals surface area contributed by atoms with Crippen molar-refractivity contribution in [2.45, 2.75) is 4.58 Å². The number of hydrogen-bond acceptors (Lipinski definition) is 6. The minimum atomic E-state index is -0.518. The summed E-state index contributed by atoms with van der Waals surface area (Å²) in [6.45, 7) is 0.165. The Balaban J connectivity index is 2.89. The maximum absolute atomic E-state index is 11.4. The third-order valence-corrected chi connectivity index (χ3v) is 5.07. The molecule has 0 heterocycles. The second kappa shape index (κ2) is 9.93. The number of aliphatic hydroxyl groups is 2. The van der Waals surface area contributed by atoms with Crippen LogP contribution in [0.4, 0.5) is 4.79 Å². The molecule has 112 valence electrons. The Kier molecular flexibility index (Phi) is 8.52. The van der Waals surface area contributed by atoms with E-state index in [0.717, 1.165) is 5.56 Å². The highest BCUT2D eigenvalue weighted by Gasteiger charge is 2.18. The molecular weight excluding hydrogens is 298 g/mol. The largest absolute Gasteiger partial charge is 0.412 e. The molecule has 0 saturated heterocycles. The van der Waals surface area contributed by atoms with E-state index in [1.165, 1.54) is 7.05 Å². The van der Waals surface area contributed by atoms with Gasteiger partial charge in [-0.25, -0.2) is 4.79 Å². The molecule has 0 unspecified atom stereocenters. The number of hydrogen-bond donors (Lipinski definition) is 3. The molecule has 0 bridgehead atoms. The predicted octanol–water partition coefficient (Wildman–Crippen LogP) is 1.85. The molecule has 0 saturated carbocycles. The first-order valence-electron chi connectivity index (χ1n) is 6.16. The summed E-state index contributed by atoms with van der Waals surface area (Å²) < 4.78 is 5.23. The van der Waals surface area contributed by atoms with Gasteiger partial charge in [-0.15, -0.1) is 23.5 Å². The van der Waals surface area contributed by atoms with Gasteiger partial charge in [0.25, 0.3) is 0 Å². The number of thioether (sulfide) groups is 2. The van der Waals surface area contributed by atoms with Gasteiger partial charge in [-0.1, -0.05) is 18.2 Å². The lowest BCUT2D eigenvalue weighted by atomic mass is 10.2. The summed E-state index contributed by atoms with van der Waals surface area (Å²) in [7, 11) is 1.50. The summed E-state index contributed by atoms with van der Waals surface area (Å²) in [5, 5.41) is 20.3. The van der Waals surface area contributed by atoms with Crippen molar-refractivity contribution in [1.29, 1.82) is 0 Å². The molecule has 20 heavy (non-hydrogen) atoms. The molecule has 0 aliphatic carbocycles. The van der Waals surface area contributed by atoms with Crippen molar-refractivity contribution in [2.24, 2.45) is 0 Å². The molecule has 3 N–H and O–H groups in total. The number of aliphatic hydroxyl groups excluding tert-OH is 2. The minimum Gasteiger partial charge on any atom is -0.410 e. The summed E-state index contributed by atoms with van der Waals surface area (Å²) >= 11 is 3.11. The normalized spacial score (nSPS) is 10.6. The maximum Gasteiger partial charge on any atom is 0.412 e. The highest BCUT2D eigenvalue weighted by Crippen LogP contribution is 2.43. The highest BCUT2D eigenvalue weighted by atomic mass is 32.2. The van der Waals surface area contributed by atoms with E-state index >= 15 is 0 Å². The molecule has 1 aromatic rings. The van der Waals surface area contributed by atoms with E-state index < -0.39 is 6.09 Å². The van der Waals surface area contributed by atoms with Crippen molar-refractivity contribution in [3.8, 4) is 5.75 Å². The Bertz CT molecular complexity index is 409. The summed E-state index contributed by atoms with van der Waals surface area (Å²) in [6, 6.07) is 7.29. The Labute approximate surface area is 127 Å². The number of amides is 1. The molecule has 0 aliphatic rings. The first-order valence-corrected chi connectivity index (χ1v) is 8.26. The SMILES string of the molecule is CNC(=O)Oc1ccccc1C(SCCO)SCCO. The monoisotopic (exact) mass is 317 g/mol. The van der Waals surface area contributed by atoms with Crippen molar-refractivity contribution >= 4 is 29.6 Å². The Morgan fingerprint density at radius 2 is 1.85 bits per heavy atom. The van der Waals surface area contributed by atoms with Gasteiger partial charge in [-0.3, -0.25) is 0 Å². The van der Waals surface area contributed by atoms with Gasteiger partial charge >= 0.3 is 6.09 Å². The Morgan fingerprint density at radius 3 is 2.40 bits per heavy atom. The van der Waals surface area contributed by atoms with Crippen LogP contribution in [-0.2, 0) is 0 Å². The van der Waals surface area contributed by atoms with Crippen LogP contribution in [0, 0.1) is 0 Å². The lowest BCUT2D eigenvalue weighted by Gasteiger charge is -2.18. The van der Waals surface area contributed by atoms with Crippen LogP contribution in [0.3, 0.4) is 0 Å². The number of rotatable bonds is 8. The summed E-state index contributed by atoms with van der Waals surface area (Å²) in [6.07, 6.45) is -0.518. The second-order valence-corrected chi connectivity index (χ2v) is 6.42. The number of para-hydroxylation sites is 1.